The maximum Gasteiger partial charge on any atom is 0.258 e. The van der Waals surface area contributed by atoms with Gasteiger partial charge in [-0.2, -0.15) is 0 Å². The van der Waals surface area contributed by atoms with Gasteiger partial charge in [-0.15, -0.1) is 34.9 Å². The number of para-hydroxylation sites is 1. The highest BCUT2D eigenvalue weighted by molar-refractivity contribution is 8.00. The van der Waals surface area contributed by atoms with E-state index in [0.29, 0.717) is 16.5 Å². The molecule has 1 amide bonds. The third-order valence-electron chi connectivity index (χ3n) is 4.56. The molecule has 2 aromatic heterocycles. The molecule has 2 heterocycles. The summed E-state index contributed by atoms with van der Waals surface area (Å²) in [5, 5.41) is 4.94. The van der Waals surface area contributed by atoms with Gasteiger partial charge in [-0.1, -0.05) is 29.8 Å². The molecule has 0 spiro atoms. The van der Waals surface area contributed by atoms with Crippen molar-refractivity contribution in [2.75, 3.05) is 11.1 Å². The number of nitrogens with one attached hydrogen (secondary N) is 1. The van der Waals surface area contributed by atoms with Crippen LogP contribution in [0, 0.1) is 13.8 Å². The van der Waals surface area contributed by atoms with E-state index in [4.69, 9.17) is 0 Å². The number of hydrogen-bond donors (Lipinski definition) is 1. The van der Waals surface area contributed by atoms with Crippen molar-refractivity contribution in [1.82, 2.24) is 9.38 Å². The van der Waals surface area contributed by atoms with E-state index in [1.54, 1.807) is 22.2 Å². The highest BCUT2D eigenvalue weighted by Crippen LogP contribution is 2.30. The number of amides is 1. The van der Waals surface area contributed by atoms with Gasteiger partial charge in [0, 0.05) is 32.7 Å². The molecular formula is C23H21N3O2S3. The summed E-state index contributed by atoms with van der Waals surface area (Å²) in [6.07, 6.45) is 0. The van der Waals surface area contributed by atoms with Crippen LogP contribution in [0.15, 0.2) is 74.6 Å². The second-order valence-electron chi connectivity index (χ2n) is 7.02. The Morgan fingerprint density at radius 3 is 2.68 bits per heavy atom. The molecule has 0 unspecified atom stereocenters. The first-order valence-corrected chi connectivity index (χ1v) is 12.5. The first kappa shape index (κ1) is 21.7. The number of thiazole rings is 1. The Bertz CT molecular complexity index is 1280. The summed E-state index contributed by atoms with van der Waals surface area (Å²) in [6.45, 7) is 3.94. The molecule has 158 valence electrons. The average Bonchev–Trinajstić information content (AvgIpc) is 3.14. The molecule has 1 N–H and O–H groups in total. The van der Waals surface area contributed by atoms with Crippen molar-refractivity contribution in [2.24, 2.45) is 0 Å². The number of hydrogen-bond acceptors (Lipinski definition) is 6. The summed E-state index contributed by atoms with van der Waals surface area (Å²) in [5.41, 5.74) is 3.53. The summed E-state index contributed by atoms with van der Waals surface area (Å²) >= 11 is 4.53. The second kappa shape index (κ2) is 9.72. The molecule has 0 aliphatic rings. The normalized spacial score (nSPS) is 11.0. The van der Waals surface area contributed by atoms with E-state index in [1.165, 1.54) is 28.7 Å². The van der Waals surface area contributed by atoms with E-state index >= 15 is 0 Å². The van der Waals surface area contributed by atoms with Crippen LogP contribution in [-0.2, 0) is 10.5 Å². The van der Waals surface area contributed by atoms with Crippen molar-refractivity contribution < 1.29 is 4.79 Å². The molecule has 31 heavy (non-hydrogen) atoms. The van der Waals surface area contributed by atoms with Crippen LogP contribution in [0.1, 0.15) is 17.0 Å². The fourth-order valence-corrected chi connectivity index (χ4v) is 5.48. The van der Waals surface area contributed by atoms with Gasteiger partial charge in [0.15, 0.2) is 4.96 Å². The Balaban J connectivity index is 1.40. The standard InChI is InChI=1S/C23H21N3O2S3/c1-15-7-9-18(10-8-15)29-14-21(27)25-19-5-3-4-6-20(19)30-13-17-11-22(28)26-16(2)12-31-23(26)24-17/h3-12H,13-14H2,1-2H3,(H,25,27). The maximum atomic E-state index is 12.5. The first-order chi connectivity index (χ1) is 15.0. The predicted octanol–water partition coefficient (Wildman–Crippen LogP) is 5.40. The fraction of sp³-hybridized carbons (Fsp3) is 0.174. The van der Waals surface area contributed by atoms with E-state index in [9.17, 15) is 9.59 Å². The smallest absolute Gasteiger partial charge is 0.258 e. The van der Waals surface area contributed by atoms with Crippen LogP contribution < -0.4 is 10.9 Å². The van der Waals surface area contributed by atoms with Crippen LogP contribution >= 0.6 is 34.9 Å². The van der Waals surface area contributed by atoms with E-state index in [1.807, 2.05) is 67.8 Å². The van der Waals surface area contributed by atoms with E-state index < -0.39 is 0 Å². The molecule has 0 bridgehead atoms. The number of nitrogens with zero attached hydrogens (tertiary/aromatic N) is 2. The molecule has 4 rings (SSSR count). The Morgan fingerprint density at radius 2 is 1.87 bits per heavy atom. The fourth-order valence-electron chi connectivity index (χ4n) is 2.99. The van der Waals surface area contributed by atoms with Gasteiger partial charge in [0.05, 0.1) is 17.1 Å². The Labute approximate surface area is 192 Å². The van der Waals surface area contributed by atoms with Crippen molar-refractivity contribution in [2.45, 2.75) is 29.4 Å². The van der Waals surface area contributed by atoms with Gasteiger partial charge >= 0.3 is 0 Å². The molecule has 8 heteroatoms. The van der Waals surface area contributed by atoms with E-state index in [0.717, 1.165) is 26.9 Å². The lowest BCUT2D eigenvalue weighted by atomic mass is 10.2. The molecule has 0 fully saturated rings. The number of fused-ring (bicyclic) bond motifs is 1. The third kappa shape index (κ3) is 5.39. The zero-order valence-corrected chi connectivity index (χ0v) is 19.6. The topological polar surface area (TPSA) is 63.5 Å². The second-order valence-corrected chi connectivity index (χ2v) is 9.92. The SMILES string of the molecule is Cc1ccc(SCC(=O)Nc2ccccc2SCc2cc(=O)n3c(C)csc3n2)cc1. The number of aromatic nitrogens is 2. The summed E-state index contributed by atoms with van der Waals surface area (Å²) in [6, 6.07) is 17.4. The molecule has 2 aromatic carbocycles. The number of carbonyl (C=O) groups excluding carboxylic acids is 1. The van der Waals surface area contributed by atoms with Crippen molar-refractivity contribution in [1.29, 1.82) is 0 Å². The van der Waals surface area contributed by atoms with E-state index in [2.05, 4.69) is 10.3 Å². The van der Waals surface area contributed by atoms with Gasteiger partial charge in [-0.05, 0) is 38.1 Å². The highest BCUT2D eigenvalue weighted by atomic mass is 32.2. The van der Waals surface area contributed by atoms with Gasteiger partial charge in [0.2, 0.25) is 5.91 Å². The van der Waals surface area contributed by atoms with Crippen LogP contribution in [-0.4, -0.2) is 21.0 Å². The zero-order chi connectivity index (χ0) is 21.8. The van der Waals surface area contributed by atoms with Gasteiger partial charge in [-0.25, -0.2) is 4.98 Å². The minimum Gasteiger partial charge on any atom is -0.324 e. The number of carbonyl (C=O) groups is 1. The molecule has 0 saturated heterocycles. The molecule has 4 aromatic rings. The van der Waals surface area contributed by atoms with Crippen molar-refractivity contribution in [3.05, 3.63) is 87.3 Å². The third-order valence-corrected chi connectivity index (χ3v) is 7.62. The summed E-state index contributed by atoms with van der Waals surface area (Å²) in [4.78, 5) is 32.2. The van der Waals surface area contributed by atoms with Crippen LogP contribution in [0.5, 0.6) is 0 Å². The molecule has 0 saturated carbocycles. The lowest BCUT2D eigenvalue weighted by Gasteiger charge is -2.11. The van der Waals surface area contributed by atoms with Crippen LogP contribution in [0.3, 0.4) is 0 Å². The van der Waals surface area contributed by atoms with Gasteiger partial charge in [-0.3, -0.25) is 14.0 Å². The lowest BCUT2D eigenvalue weighted by molar-refractivity contribution is -0.113. The van der Waals surface area contributed by atoms with Crippen LogP contribution in [0.25, 0.3) is 4.96 Å². The quantitative estimate of drug-likeness (QED) is 0.369. The zero-order valence-electron chi connectivity index (χ0n) is 17.1. The first-order valence-electron chi connectivity index (χ1n) is 9.67. The Kier molecular flexibility index (Phi) is 6.80. The molecule has 0 aliphatic carbocycles. The highest BCUT2D eigenvalue weighted by Gasteiger charge is 2.10. The molecule has 0 atom stereocenters. The maximum absolute atomic E-state index is 12.5. The predicted molar refractivity (Wildman–Crippen MR) is 131 cm³/mol. The Morgan fingerprint density at radius 1 is 1.10 bits per heavy atom. The van der Waals surface area contributed by atoms with E-state index in [-0.39, 0.29) is 11.5 Å². The number of benzene rings is 2. The average molecular weight is 468 g/mol. The number of aryl methyl sites for hydroxylation is 2. The summed E-state index contributed by atoms with van der Waals surface area (Å²) < 4.78 is 1.62. The minimum absolute atomic E-state index is 0.0505. The molecule has 0 aliphatic heterocycles. The van der Waals surface area contributed by atoms with Gasteiger partial charge < -0.3 is 5.32 Å². The summed E-state index contributed by atoms with van der Waals surface area (Å²) in [7, 11) is 0. The van der Waals surface area contributed by atoms with Gasteiger partial charge in [0.25, 0.3) is 5.56 Å². The van der Waals surface area contributed by atoms with Crippen LogP contribution in [0.2, 0.25) is 0 Å². The minimum atomic E-state index is -0.0610. The van der Waals surface area contributed by atoms with Crippen molar-refractivity contribution >= 4 is 51.4 Å². The van der Waals surface area contributed by atoms with Gasteiger partial charge in [0.1, 0.15) is 0 Å². The molecule has 5 nitrogen and oxygen atoms in total. The van der Waals surface area contributed by atoms with Crippen LogP contribution in [0.4, 0.5) is 5.69 Å². The number of thioether (sulfide) groups is 2. The monoisotopic (exact) mass is 467 g/mol. The number of rotatable bonds is 7. The largest absolute Gasteiger partial charge is 0.324 e. The molecule has 0 radical (unpaired) electrons. The van der Waals surface area contributed by atoms with Crippen molar-refractivity contribution in [3.8, 4) is 0 Å². The Hall–Kier alpha value is -2.55. The molecular weight excluding hydrogens is 446 g/mol. The summed E-state index contributed by atoms with van der Waals surface area (Å²) in [5.74, 6) is 0.841. The lowest BCUT2D eigenvalue weighted by Crippen LogP contribution is -2.15. The van der Waals surface area contributed by atoms with Crippen molar-refractivity contribution in [3.63, 3.8) is 0 Å². The number of anilines is 1.